The fourth-order valence-corrected chi connectivity index (χ4v) is 2.85. The number of rotatable bonds is 4. The van der Waals surface area contributed by atoms with E-state index in [1.807, 2.05) is 0 Å². The van der Waals surface area contributed by atoms with Crippen LogP contribution in [-0.2, 0) is 16.6 Å². The number of sulfonamides is 1. The minimum atomic E-state index is -3.74. The Kier molecular flexibility index (Phi) is 3.88. The molecule has 19 heavy (non-hydrogen) atoms. The monoisotopic (exact) mass is 301 g/mol. The summed E-state index contributed by atoms with van der Waals surface area (Å²) in [7, 11) is -3.74. The average Bonchev–Trinajstić information content (AvgIpc) is 2.67. The zero-order valence-corrected chi connectivity index (χ0v) is 11.9. The van der Waals surface area contributed by atoms with Gasteiger partial charge in [0.05, 0.1) is 12.2 Å². The first-order chi connectivity index (χ1) is 8.90. The second-order valence-corrected chi connectivity index (χ2v) is 5.96. The molecule has 2 aromatic heterocycles. The van der Waals surface area contributed by atoms with Crippen LogP contribution < -0.4 is 4.72 Å². The summed E-state index contributed by atoms with van der Waals surface area (Å²) in [5, 5.41) is -0.0743. The molecule has 0 unspecified atom stereocenters. The van der Waals surface area contributed by atoms with Crippen molar-refractivity contribution in [1.29, 1.82) is 0 Å². The summed E-state index contributed by atoms with van der Waals surface area (Å²) in [6, 6.07) is 2.88. The van der Waals surface area contributed by atoms with Crippen LogP contribution in [0.3, 0.4) is 0 Å². The van der Waals surface area contributed by atoms with Crippen molar-refractivity contribution in [2.45, 2.75) is 25.3 Å². The SMILES string of the molecule is Cc1nc(CNS(=O)(=O)c2cccnc2Cl)oc1C. The molecule has 0 radical (unpaired) electrons. The molecule has 0 aliphatic carbocycles. The fourth-order valence-electron chi connectivity index (χ4n) is 1.42. The van der Waals surface area contributed by atoms with Gasteiger partial charge in [-0.3, -0.25) is 0 Å². The van der Waals surface area contributed by atoms with E-state index < -0.39 is 10.0 Å². The maximum absolute atomic E-state index is 12.0. The Morgan fingerprint density at radius 2 is 2.16 bits per heavy atom. The summed E-state index contributed by atoms with van der Waals surface area (Å²) < 4.78 is 31.7. The number of aryl methyl sites for hydroxylation is 2. The van der Waals surface area contributed by atoms with Gasteiger partial charge in [-0.05, 0) is 26.0 Å². The molecule has 102 valence electrons. The van der Waals surface area contributed by atoms with Crippen LogP contribution in [0.5, 0.6) is 0 Å². The van der Waals surface area contributed by atoms with Gasteiger partial charge in [0.15, 0.2) is 0 Å². The molecule has 0 saturated heterocycles. The topological polar surface area (TPSA) is 85.1 Å². The van der Waals surface area contributed by atoms with E-state index in [2.05, 4.69) is 14.7 Å². The normalized spacial score (nSPS) is 11.7. The summed E-state index contributed by atoms with van der Waals surface area (Å²) in [5.74, 6) is 0.965. The van der Waals surface area contributed by atoms with Gasteiger partial charge < -0.3 is 4.42 Å². The minimum absolute atomic E-state index is 0.0394. The summed E-state index contributed by atoms with van der Waals surface area (Å²) in [6.07, 6.45) is 1.42. The molecular formula is C11H12ClN3O3S. The van der Waals surface area contributed by atoms with Crippen LogP contribution in [0.15, 0.2) is 27.6 Å². The van der Waals surface area contributed by atoms with Gasteiger partial charge in [-0.2, -0.15) is 0 Å². The Balaban J connectivity index is 2.17. The summed E-state index contributed by atoms with van der Waals surface area (Å²) >= 11 is 5.75. The zero-order chi connectivity index (χ0) is 14.0. The second-order valence-electron chi connectivity index (χ2n) is 3.87. The van der Waals surface area contributed by atoms with Crippen molar-refractivity contribution in [3.05, 3.63) is 40.8 Å². The first-order valence-electron chi connectivity index (χ1n) is 5.43. The van der Waals surface area contributed by atoms with Crippen LogP contribution in [0.4, 0.5) is 0 Å². The van der Waals surface area contributed by atoms with Crippen LogP contribution in [0.2, 0.25) is 5.15 Å². The van der Waals surface area contributed by atoms with Gasteiger partial charge in [-0.25, -0.2) is 23.1 Å². The van der Waals surface area contributed by atoms with Crippen molar-refractivity contribution >= 4 is 21.6 Å². The highest BCUT2D eigenvalue weighted by molar-refractivity contribution is 7.89. The van der Waals surface area contributed by atoms with Gasteiger partial charge >= 0.3 is 0 Å². The third kappa shape index (κ3) is 3.12. The smallest absolute Gasteiger partial charge is 0.244 e. The summed E-state index contributed by atoms with van der Waals surface area (Å²) in [6.45, 7) is 3.51. The highest BCUT2D eigenvalue weighted by Crippen LogP contribution is 2.18. The summed E-state index contributed by atoms with van der Waals surface area (Å²) in [5.41, 5.74) is 0.730. The number of pyridine rings is 1. The molecule has 0 amide bonds. The molecule has 0 fully saturated rings. The van der Waals surface area contributed by atoms with Crippen molar-refractivity contribution < 1.29 is 12.8 Å². The van der Waals surface area contributed by atoms with E-state index >= 15 is 0 Å². The molecule has 2 heterocycles. The van der Waals surface area contributed by atoms with Crippen LogP contribution in [0.1, 0.15) is 17.3 Å². The number of hydrogen-bond acceptors (Lipinski definition) is 5. The Hall–Kier alpha value is -1.44. The predicted molar refractivity (Wildman–Crippen MR) is 69.2 cm³/mol. The maximum Gasteiger partial charge on any atom is 0.244 e. The number of nitrogens with one attached hydrogen (secondary N) is 1. The largest absolute Gasteiger partial charge is 0.444 e. The predicted octanol–water partition coefficient (Wildman–Crippen LogP) is 1.82. The molecule has 2 aromatic rings. The molecule has 0 aromatic carbocycles. The molecule has 2 rings (SSSR count). The van der Waals surface area contributed by atoms with Crippen molar-refractivity contribution in [2.75, 3.05) is 0 Å². The third-order valence-corrected chi connectivity index (χ3v) is 4.35. The van der Waals surface area contributed by atoms with Crippen LogP contribution in [0.25, 0.3) is 0 Å². The van der Waals surface area contributed by atoms with Crippen LogP contribution in [-0.4, -0.2) is 18.4 Å². The fraction of sp³-hybridized carbons (Fsp3) is 0.273. The van der Waals surface area contributed by atoms with Crippen LogP contribution in [0, 0.1) is 13.8 Å². The van der Waals surface area contributed by atoms with E-state index in [1.165, 1.54) is 18.3 Å². The van der Waals surface area contributed by atoms with E-state index in [9.17, 15) is 8.42 Å². The lowest BCUT2D eigenvalue weighted by Crippen LogP contribution is -2.23. The first-order valence-corrected chi connectivity index (χ1v) is 7.29. The number of oxazole rings is 1. The van der Waals surface area contributed by atoms with Crippen molar-refractivity contribution in [3.63, 3.8) is 0 Å². The molecule has 0 bridgehead atoms. The molecule has 8 heteroatoms. The van der Waals surface area contributed by atoms with Gasteiger partial charge in [-0.1, -0.05) is 11.6 Å². The molecule has 0 aliphatic rings. The number of hydrogen-bond donors (Lipinski definition) is 1. The first kappa shape index (κ1) is 14.0. The van der Waals surface area contributed by atoms with Gasteiger partial charge in [0.2, 0.25) is 15.9 Å². The average molecular weight is 302 g/mol. The Morgan fingerprint density at radius 3 is 2.74 bits per heavy atom. The van der Waals surface area contributed by atoms with Crippen molar-refractivity contribution in [1.82, 2.24) is 14.7 Å². The molecule has 0 spiro atoms. The standard InChI is InChI=1S/C11H12ClN3O3S/c1-7-8(2)18-10(15-7)6-14-19(16,17)9-4-3-5-13-11(9)12/h3-5,14H,6H2,1-2H3. The zero-order valence-electron chi connectivity index (χ0n) is 10.3. The van der Waals surface area contributed by atoms with Gasteiger partial charge in [0.1, 0.15) is 15.8 Å². The van der Waals surface area contributed by atoms with Gasteiger partial charge in [-0.15, -0.1) is 0 Å². The van der Waals surface area contributed by atoms with Gasteiger partial charge in [0.25, 0.3) is 0 Å². The quantitative estimate of drug-likeness (QED) is 0.871. The molecule has 0 atom stereocenters. The molecular weight excluding hydrogens is 290 g/mol. The Bertz CT molecular complexity index is 677. The maximum atomic E-state index is 12.0. The highest BCUT2D eigenvalue weighted by Gasteiger charge is 2.19. The van der Waals surface area contributed by atoms with Gasteiger partial charge in [0, 0.05) is 6.20 Å². The molecule has 0 aliphatic heterocycles. The highest BCUT2D eigenvalue weighted by atomic mass is 35.5. The molecule has 0 saturated carbocycles. The summed E-state index contributed by atoms with van der Waals surface area (Å²) in [4.78, 5) is 7.74. The van der Waals surface area contributed by atoms with E-state index in [1.54, 1.807) is 13.8 Å². The Morgan fingerprint density at radius 1 is 1.42 bits per heavy atom. The third-order valence-electron chi connectivity index (χ3n) is 2.50. The molecule has 1 N–H and O–H groups in total. The Labute approximate surface area is 115 Å². The number of aromatic nitrogens is 2. The number of nitrogens with zero attached hydrogens (tertiary/aromatic N) is 2. The van der Waals surface area contributed by atoms with E-state index in [0.717, 1.165) is 5.69 Å². The molecule has 6 nitrogen and oxygen atoms in total. The van der Waals surface area contributed by atoms with E-state index in [4.69, 9.17) is 16.0 Å². The lowest BCUT2D eigenvalue weighted by molar-refractivity contribution is 0.463. The van der Waals surface area contributed by atoms with E-state index in [-0.39, 0.29) is 16.6 Å². The lowest BCUT2D eigenvalue weighted by atomic mass is 10.4. The van der Waals surface area contributed by atoms with Crippen LogP contribution >= 0.6 is 11.6 Å². The second kappa shape index (κ2) is 5.28. The van der Waals surface area contributed by atoms with E-state index in [0.29, 0.717) is 11.7 Å². The van der Waals surface area contributed by atoms with Crippen molar-refractivity contribution in [3.8, 4) is 0 Å². The lowest BCUT2D eigenvalue weighted by Gasteiger charge is -2.05. The van der Waals surface area contributed by atoms with Crippen molar-refractivity contribution in [2.24, 2.45) is 0 Å². The minimum Gasteiger partial charge on any atom is -0.444 e. The number of halogens is 1.